The van der Waals surface area contributed by atoms with Crippen LogP contribution in [0.25, 0.3) is 6.08 Å². The molecule has 31 heavy (non-hydrogen) atoms. The van der Waals surface area contributed by atoms with Crippen molar-refractivity contribution in [1.82, 2.24) is 15.1 Å². The summed E-state index contributed by atoms with van der Waals surface area (Å²) in [4.78, 5) is 16.1. The zero-order chi connectivity index (χ0) is 22.4. The predicted molar refractivity (Wildman–Crippen MR) is 130 cm³/mol. The molecule has 5 nitrogen and oxygen atoms in total. The molecule has 0 saturated carbocycles. The molecule has 0 aliphatic carbocycles. The van der Waals surface area contributed by atoms with Crippen LogP contribution >= 0.6 is 0 Å². The lowest BCUT2D eigenvalue weighted by Crippen LogP contribution is -2.57. The maximum absolute atomic E-state index is 11.3. The van der Waals surface area contributed by atoms with Gasteiger partial charge in [0.25, 0.3) is 0 Å². The Morgan fingerprint density at radius 1 is 1.23 bits per heavy atom. The fourth-order valence-electron chi connectivity index (χ4n) is 4.16. The first-order valence-electron chi connectivity index (χ1n) is 11.0. The first-order chi connectivity index (χ1) is 14.9. The maximum atomic E-state index is 11.3. The summed E-state index contributed by atoms with van der Waals surface area (Å²) in [5.74, 6) is 0. The van der Waals surface area contributed by atoms with Crippen molar-refractivity contribution in [3.8, 4) is 0 Å². The average Bonchev–Trinajstić information content (AvgIpc) is 2.79. The molecule has 1 aliphatic rings. The monoisotopic (exact) mass is 418 g/mol. The Morgan fingerprint density at radius 2 is 1.97 bits per heavy atom. The van der Waals surface area contributed by atoms with Gasteiger partial charge in [-0.2, -0.15) is 0 Å². The highest BCUT2D eigenvalue weighted by Crippen LogP contribution is 2.26. The van der Waals surface area contributed by atoms with Crippen LogP contribution in [0.15, 0.2) is 59.9 Å². The van der Waals surface area contributed by atoms with Gasteiger partial charge in [-0.3, -0.25) is 10.2 Å². The summed E-state index contributed by atoms with van der Waals surface area (Å²) >= 11 is 0. The van der Waals surface area contributed by atoms with Crippen molar-refractivity contribution < 1.29 is 0 Å². The average molecular weight is 419 g/mol. The number of rotatable bonds is 8. The molecule has 5 heteroatoms. The van der Waals surface area contributed by atoms with Crippen LogP contribution < -0.4 is 5.32 Å². The standard InChI is InChI=1S/C26H34N4O/c1-6-23-16-24(25(28-31)15-20(23)3)12-9-21(4)30-14-13-29(18-26(30)27-5)17-22-10-7-19(2)8-11-22/h7-12,15-16,26-27H,4,6,13-14,17-18H2,1-3,5H3/b12-9+/t26-/m0/s1. The van der Waals surface area contributed by atoms with Gasteiger partial charge in [-0.15, -0.1) is 4.91 Å². The topological polar surface area (TPSA) is 47.9 Å². The van der Waals surface area contributed by atoms with Gasteiger partial charge in [0.05, 0.1) is 6.17 Å². The van der Waals surface area contributed by atoms with Gasteiger partial charge in [-0.05, 0) is 67.4 Å². The van der Waals surface area contributed by atoms with Gasteiger partial charge < -0.3 is 4.90 Å². The van der Waals surface area contributed by atoms with Gasteiger partial charge in [0, 0.05) is 37.4 Å². The molecule has 0 bridgehead atoms. The molecule has 3 rings (SSSR count). The second kappa shape index (κ2) is 10.5. The highest BCUT2D eigenvalue weighted by Gasteiger charge is 2.26. The maximum Gasteiger partial charge on any atom is 0.115 e. The minimum absolute atomic E-state index is 0.184. The van der Waals surface area contributed by atoms with Crippen LogP contribution in [0.3, 0.4) is 0 Å². The van der Waals surface area contributed by atoms with Crippen molar-refractivity contribution in [3.63, 3.8) is 0 Å². The molecule has 1 heterocycles. The summed E-state index contributed by atoms with van der Waals surface area (Å²) in [7, 11) is 1.99. The van der Waals surface area contributed by atoms with E-state index in [0.717, 1.165) is 49.4 Å². The van der Waals surface area contributed by atoms with Crippen molar-refractivity contribution in [2.45, 2.75) is 39.9 Å². The third-order valence-corrected chi connectivity index (χ3v) is 6.11. The molecular formula is C26H34N4O. The molecule has 0 aromatic heterocycles. The number of hydrogen-bond donors (Lipinski definition) is 1. The summed E-state index contributed by atoms with van der Waals surface area (Å²) in [5.41, 5.74) is 7.22. The molecule has 1 aliphatic heterocycles. The molecule has 164 valence electrons. The minimum Gasteiger partial charge on any atom is -0.354 e. The third-order valence-electron chi connectivity index (χ3n) is 6.11. The number of nitroso groups, excluding NO2 is 1. The summed E-state index contributed by atoms with van der Waals surface area (Å²) in [5, 5.41) is 6.65. The lowest BCUT2D eigenvalue weighted by atomic mass is 10.0. The van der Waals surface area contributed by atoms with E-state index < -0.39 is 0 Å². The molecule has 1 N–H and O–H groups in total. The summed E-state index contributed by atoms with van der Waals surface area (Å²) in [6.07, 6.45) is 5.07. The largest absolute Gasteiger partial charge is 0.354 e. The molecule has 0 spiro atoms. The van der Waals surface area contributed by atoms with E-state index in [4.69, 9.17) is 0 Å². The SMILES string of the molecule is C=C(/C=C/c1cc(CC)c(C)cc1N=O)N1CCN(Cc2ccc(C)cc2)C[C@H]1NC. The second-order valence-electron chi connectivity index (χ2n) is 8.33. The van der Waals surface area contributed by atoms with Crippen molar-refractivity contribution in [1.29, 1.82) is 0 Å². The van der Waals surface area contributed by atoms with Crippen LogP contribution in [0, 0.1) is 18.8 Å². The molecular weight excluding hydrogens is 384 g/mol. The third kappa shape index (κ3) is 5.69. The van der Waals surface area contributed by atoms with Gasteiger partial charge >= 0.3 is 0 Å². The Labute approximate surface area is 186 Å². The van der Waals surface area contributed by atoms with Crippen LogP contribution in [-0.2, 0) is 13.0 Å². The van der Waals surface area contributed by atoms with Crippen molar-refractivity contribution in [2.75, 3.05) is 26.7 Å². The quantitative estimate of drug-likeness (QED) is 0.475. The van der Waals surface area contributed by atoms with Crippen LogP contribution in [0.4, 0.5) is 5.69 Å². The van der Waals surface area contributed by atoms with Gasteiger partial charge in [0.15, 0.2) is 0 Å². The minimum atomic E-state index is 0.184. The number of piperazine rings is 1. The molecule has 0 radical (unpaired) electrons. The van der Waals surface area contributed by atoms with E-state index >= 15 is 0 Å². The van der Waals surface area contributed by atoms with Crippen molar-refractivity contribution in [3.05, 3.63) is 87.5 Å². The van der Waals surface area contributed by atoms with Gasteiger partial charge in [0.1, 0.15) is 5.69 Å². The van der Waals surface area contributed by atoms with E-state index in [2.05, 4.69) is 71.1 Å². The second-order valence-corrected chi connectivity index (χ2v) is 8.33. The van der Waals surface area contributed by atoms with Gasteiger partial charge in [-0.25, -0.2) is 0 Å². The van der Waals surface area contributed by atoms with Crippen LogP contribution in [-0.4, -0.2) is 42.6 Å². The van der Waals surface area contributed by atoms with Gasteiger partial charge in [-0.1, -0.05) is 49.4 Å². The molecule has 1 saturated heterocycles. The number of aryl methyl sites for hydroxylation is 3. The Morgan fingerprint density at radius 3 is 2.61 bits per heavy atom. The highest BCUT2D eigenvalue weighted by atomic mass is 16.3. The summed E-state index contributed by atoms with van der Waals surface area (Å²) in [6.45, 7) is 14.3. The molecule has 2 aromatic rings. The summed E-state index contributed by atoms with van der Waals surface area (Å²) in [6, 6.07) is 12.7. The number of hydrogen-bond acceptors (Lipinski definition) is 5. The predicted octanol–water partition coefficient (Wildman–Crippen LogP) is 5.15. The number of nitrogens with one attached hydrogen (secondary N) is 1. The Balaban J connectivity index is 1.68. The number of benzene rings is 2. The molecule has 2 aromatic carbocycles. The number of nitrogens with zero attached hydrogens (tertiary/aromatic N) is 3. The van der Waals surface area contributed by atoms with E-state index in [1.54, 1.807) is 0 Å². The van der Waals surface area contributed by atoms with E-state index in [1.165, 1.54) is 16.7 Å². The number of likely N-dealkylation sites (N-methyl/N-ethyl adjacent to an activating group) is 1. The number of allylic oxidation sites excluding steroid dienone is 1. The van der Waals surface area contributed by atoms with E-state index in [9.17, 15) is 4.91 Å². The van der Waals surface area contributed by atoms with Crippen LogP contribution in [0.2, 0.25) is 0 Å². The smallest absolute Gasteiger partial charge is 0.115 e. The highest BCUT2D eigenvalue weighted by molar-refractivity contribution is 5.67. The molecule has 0 unspecified atom stereocenters. The zero-order valence-corrected chi connectivity index (χ0v) is 19.2. The zero-order valence-electron chi connectivity index (χ0n) is 19.2. The fraction of sp³-hybridized carbons (Fsp3) is 0.385. The first kappa shape index (κ1) is 22.9. The van der Waals surface area contributed by atoms with E-state index in [-0.39, 0.29) is 6.17 Å². The lowest BCUT2D eigenvalue weighted by molar-refractivity contribution is 0.0851. The van der Waals surface area contributed by atoms with Crippen molar-refractivity contribution >= 4 is 11.8 Å². The van der Waals surface area contributed by atoms with Crippen molar-refractivity contribution in [2.24, 2.45) is 5.18 Å². The molecule has 1 fully saturated rings. The molecule has 0 amide bonds. The van der Waals surface area contributed by atoms with Crippen LogP contribution in [0.1, 0.15) is 34.7 Å². The normalized spacial score (nSPS) is 17.3. The fourth-order valence-corrected chi connectivity index (χ4v) is 4.16. The Bertz CT molecular complexity index is 949. The summed E-state index contributed by atoms with van der Waals surface area (Å²) < 4.78 is 0. The van der Waals surface area contributed by atoms with E-state index in [1.807, 2.05) is 32.2 Å². The Hall–Kier alpha value is -2.76. The van der Waals surface area contributed by atoms with Gasteiger partial charge in [0.2, 0.25) is 0 Å². The van der Waals surface area contributed by atoms with Crippen LogP contribution in [0.5, 0.6) is 0 Å². The molecule has 1 atom stereocenters. The Kier molecular flexibility index (Phi) is 7.77. The first-order valence-corrected chi connectivity index (χ1v) is 11.0. The lowest BCUT2D eigenvalue weighted by Gasteiger charge is -2.43. The van der Waals surface area contributed by atoms with E-state index in [0.29, 0.717) is 5.69 Å².